The van der Waals surface area contributed by atoms with Crippen LogP contribution in [0.15, 0.2) is 36.4 Å². The third kappa shape index (κ3) is 7.03. The van der Waals surface area contributed by atoms with Gasteiger partial charge in [0.1, 0.15) is 5.75 Å². The third-order valence-electron chi connectivity index (χ3n) is 5.22. The largest absolute Gasteiger partial charge is 0.507 e. The van der Waals surface area contributed by atoms with E-state index in [1.54, 1.807) is 12.1 Å². The summed E-state index contributed by atoms with van der Waals surface area (Å²) in [7, 11) is 0. The number of hydrogen-bond acceptors (Lipinski definition) is 4. The standard InChI is InChI=1S/C26H35N3O2/c1-25(2,3)21-15-19(16-22(24(21)31)26(4,5)6)9-12-23(30)29-14-13-28-20-10-7-18(17-27)8-11-20/h7-8,10-11,15-16,28,31H,9,12-14H2,1-6H3,(H,29,30). The lowest BCUT2D eigenvalue weighted by Crippen LogP contribution is -2.29. The van der Waals surface area contributed by atoms with Gasteiger partial charge in [0.2, 0.25) is 5.91 Å². The number of carbonyl (C=O) groups excluding carboxylic acids is 1. The molecule has 166 valence electrons. The first-order chi connectivity index (χ1) is 14.4. The number of amides is 1. The first-order valence-corrected chi connectivity index (χ1v) is 10.8. The van der Waals surface area contributed by atoms with E-state index in [1.807, 2.05) is 24.3 Å². The average molecular weight is 422 g/mol. The van der Waals surface area contributed by atoms with Gasteiger partial charge in [-0.2, -0.15) is 5.26 Å². The maximum atomic E-state index is 12.3. The van der Waals surface area contributed by atoms with E-state index in [-0.39, 0.29) is 16.7 Å². The van der Waals surface area contributed by atoms with Crippen LogP contribution in [0.1, 0.15) is 70.2 Å². The van der Waals surface area contributed by atoms with Crippen molar-refractivity contribution in [2.75, 3.05) is 18.4 Å². The number of nitrogens with one attached hydrogen (secondary N) is 2. The molecule has 0 aliphatic carbocycles. The maximum Gasteiger partial charge on any atom is 0.220 e. The molecule has 0 unspecified atom stereocenters. The van der Waals surface area contributed by atoms with Crippen LogP contribution in [0, 0.1) is 11.3 Å². The molecule has 2 aromatic rings. The number of phenolic OH excluding ortho intramolecular Hbond substituents is 1. The Morgan fingerprint density at radius 2 is 1.52 bits per heavy atom. The molecule has 2 rings (SSSR count). The summed E-state index contributed by atoms with van der Waals surface area (Å²) in [5, 5.41) is 25.8. The lowest BCUT2D eigenvalue weighted by atomic mass is 9.78. The summed E-state index contributed by atoms with van der Waals surface area (Å²) < 4.78 is 0. The zero-order chi connectivity index (χ0) is 23.2. The molecule has 0 atom stereocenters. The van der Waals surface area contributed by atoms with Crippen molar-refractivity contribution in [3.8, 4) is 11.8 Å². The zero-order valence-corrected chi connectivity index (χ0v) is 19.6. The first-order valence-electron chi connectivity index (χ1n) is 10.8. The lowest BCUT2D eigenvalue weighted by molar-refractivity contribution is -0.120. The molecule has 3 N–H and O–H groups in total. The fourth-order valence-corrected chi connectivity index (χ4v) is 3.40. The van der Waals surface area contributed by atoms with Gasteiger partial charge in [0, 0.05) is 25.2 Å². The molecule has 5 nitrogen and oxygen atoms in total. The van der Waals surface area contributed by atoms with Gasteiger partial charge in [0.15, 0.2) is 0 Å². The van der Waals surface area contributed by atoms with E-state index in [0.717, 1.165) is 22.4 Å². The quantitative estimate of drug-likeness (QED) is 0.548. The van der Waals surface area contributed by atoms with E-state index in [1.165, 1.54) is 0 Å². The molecule has 0 aromatic heterocycles. The van der Waals surface area contributed by atoms with Crippen LogP contribution in [-0.2, 0) is 22.0 Å². The van der Waals surface area contributed by atoms with Crippen LogP contribution in [0.4, 0.5) is 5.69 Å². The number of anilines is 1. The van der Waals surface area contributed by atoms with E-state index in [9.17, 15) is 9.90 Å². The van der Waals surface area contributed by atoms with Crippen molar-refractivity contribution in [2.45, 2.75) is 65.2 Å². The van der Waals surface area contributed by atoms with Crippen molar-refractivity contribution in [1.29, 1.82) is 5.26 Å². The molecule has 0 spiro atoms. The number of hydrogen-bond donors (Lipinski definition) is 3. The molecule has 2 aromatic carbocycles. The monoisotopic (exact) mass is 421 g/mol. The van der Waals surface area contributed by atoms with Crippen LogP contribution >= 0.6 is 0 Å². The predicted octanol–water partition coefficient (Wildman–Crippen LogP) is 5.02. The Bertz CT molecular complexity index is 908. The van der Waals surface area contributed by atoms with Gasteiger partial charge in [-0.3, -0.25) is 4.79 Å². The Morgan fingerprint density at radius 1 is 0.968 bits per heavy atom. The second-order valence-electron chi connectivity index (χ2n) is 10.0. The highest BCUT2D eigenvalue weighted by Crippen LogP contribution is 2.39. The van der Waals surface area contributed by atoms with Crippen LogP contribution in [0.3, 0.4) is 0 Å². The summed E-state index contributed by atoms with van der Waals surface area (Å²) in [6, 6.07) is 13.4. The van der Waals surface area contributed by atoms with E-state index >= 15 is 0 Å². The third-order valence-corrected chi connectivity index (χ3v) is 5.22. The Morgan fingerprint density at radius 3 is 2.00 bits per heavy atom. The molecule has 0 bridgehead atoms. The summed E-state index contributed by atoms with van der Waals surface area (Å²) >= 11 is 0. The van der Waals surface area contributed by atoms with Crippen LogP contribution < -0.4 is 10.6 Å². The van der Waals surface area contributed by atoms with Gasteiger partial charge in [0.25, 0.3) is 0 Å². The minimum atomic E-state index is -0.181. The normalized spacial score (nSPS) is 11.6. The average Bonchev–Trinajstić information content (AvgIpc) is 2.69. The second kappa shape index (κ2) is 9.87. The molecule has 0 saturated carbocycles. The molecule has 0 radical (unpaired) electrons. The molecular formula is C26H35N3O2. The molecule has 1 amide bonds. The fourth-order valence-electron chi connectivity index (χ4n) is 3.40. The molecule has 0 aliphatic heterocycles. The molecule has 5 heteroatoms. The van der Waals surface area contributed by atoms with Crippen molar-refractivity contribution in [3.05, 3.63) is 58.7 Å². The van der Waals surface area contributed by atoms with Gasteiger partial charge in [-0.15, -0.1) is 0 Å². The number of benzene rings is 2. The Labute approximate surface area is 186 Å². The Balaban J connectivity index is 1.92. The fraction of sp³-hybridized carbons (Fsp3) is 0.462. The zero-order valence-electron chi connectivity index (χ0n) is 19.6. The van der Waals surface area contributed by atoms with E-state index in [0.29, 0.717) is 37.2 Å². The summed E-state index contributed by atoms with van der Waals surface area (Å²) in [5.74, 6) is 0.367. The number of nitriles is 1. The SMILES string of the molecule is CC(C)(C)c1cc(CCC(=O)NCCNc2ccc(C#N)cc2)cc(C(C)(C)C)c1O. The predicted molar refractivity (Wildman–Crippen MR) is 126 cm³/mol. The lowest BCUT2D eigenvalue weighted by Gasteiger charge is -2.28. The van der Waals surface area contributed by atoms with Crippen molar-refractivity contribution in [1.82, 2.24) is 5.32 Å². The highest BCUT2D eigenvalue weighted by atomic mass is 16.3. The first kappa shape index (κ1) is 24.3. The smallest absolute Gasteiger partial charge is 0.220 e. The van der Waals surface area contributed by atoms with Crippen LogP contribution in [0.25, 0.3) is 0 Å². The van der Waals surface area contributed by atoms with Crippen molar-refractivity contribution >= 4 is 11.6 Å². The Kier molecular flexibility index (Phi) is 7.73. The topological polar surface area (TPSA) is 85.2 Å². The molecule has 0 aliphatic rings. The maximum absolute atomic E-state index is 12.3. The van der Waals surface area contributed by atoms with E-state index in [4.69, 9.17) is 5.26 Å². The minimum absolute atomic E-state index is 0.00400. The number of rotatable bonds is 7. The van der Waals surface area contributed by atoms with Crippen molar-refractivity contribution in [3.63, 3.8) is 0 Å². The van der Waals surface area contributed by atoms with E-state index < -0.39 is 0 Å². The van der Waals surface area contributed by atoms with Gasteiger partial charge in [-0.1, -0.05) is 53.7 Å². The molecule has 0 fully saturated rings. The van der Waals surface area contributed by atoms with Crippen molar-refractivity contribution < 1.29 is 9.90 Å². The van der Waals surface area contributed by atoms with Gasteiger partial charge in [-0.25, -0.2) is 0 Å². The van der Waals surface area contributed by atoms with E-state index in [2.05, 4.69) is 58.2 Å². The van der Waals surface area contributed by atoms with Gasteiger partial charge in [0.05, 0.1) is 11.6 Å². The van der Waals surface area contributed by atoms with Crippen LogP contribution in [0.5, 0.6) is 5.75 Å². The number of carbonyl (C=O) groups is 1. The summed E-state index contributed by atoms with van der Waals surface area (Å²) in [6.07, 6.45) is 1.02. The van der Waals surface area contributed by atoms with Gasteiger partial charge >= 0.3 is 0 Å². The summed E-state index contributed by atoms with van der Waals surface area (Å²) in [6.45, 7) is 13.7. The number of nitrogens with zero attached hydrogens (tertiary/aromatic N) is 1. The summed E-state index contributed by atoms with van der Waals surface area (Å²) in [5.41, 5.74) is 4.08. The molecular weight excluding hydrogens is 386 g/mol. The van der Waals surface area contributed by atoms with Gasteiger partial charge < -0.3 is 15.7 Å². The summed E-state index contributed by atoms with van der Waals surface area (Å²) in [4.78, 5) is 12.3. The minimum Gasteiger partial charge on any atom is -0.507 e. The highest BCUT2D eigenvalue weighted by molar-refractivity contribution is 5.76. The number of aromatic hydroxyl groups is 1. The number of aryl methyl sites for hydroxylation is 1. The number of phenols is 1. The van der Waals surface area contributed by atoms with Crippen LogP contribution in [-0.4, -0.2) is 24.1 Å². The van der Waals surface area contributed by atoms with Crippen molar-refractivity contribution in [2.24, 2.45) is 0 Å². The Hall–Kier alpha value is -3.00. The van der Waals surface area contributed by atoms with Gasteiger partial charge in [-0.05, 0) is 58.2 Å². The molecule has 0 heterocycles. The second-order valence-corrected chi connectivity index (χ2v) is 10.0. The highest BCUT2D eigenvalue weighted by Gasteiger charge is 2.26. The van der Waals surface area contributed by atoms with Crippen LogP contribution in [0.2, 0.25) is 0 Å². The molecule has 0 saturated heterocycles. The molecule has 31 heavy (non-hydrogen) atoms.